The monoisotopic (exact) mass is 396 g/mol. The van der Waals surface area contributed by atoms with E-state index in [1.807, 2.05) is 6.92 Å². The molecule has 3 rings (SSSR count). The topological polar surface area (TPSA) is 91.8 Å². The molecule has 8 nitrogen and oxygen atoms in total. The first-order valence-corrected chi connectivity index (χ1v) is 11.3. The summed E-state index contributed by atoms with van der Waals surface area (Å²) in [6, 6.07) is 3.31. The highest BCUT2D eigenvalue weighted by Crippen LogP contribution is 2.20. The summed E-state index contributed by atoms with van der Waals surface area (Å²) < 4.78 is 28.8. The molecule has 9 heteroatoms. The van der Waals surface area contributed by atoms with Gasteiger partial charge in [0, 0.05) is 45.0 Å². The van der Waals surface area contributed by atoms with Gasteiger partial charge in [0.25, 0.3) is 5.91 Å². The third-order valence-corrected chi connectivity index (χ3v) is 6.85. The van der Waals surface area contributed by atoms with Crippen LogP contribution in [0.4, 0.5) is 5.82 Å². The van der Waals surface area contributed by atoms with Gasteiger partial charge in [-0.2, -0.15) is 0 Å². The number of hydrogen-bond acceptors (Lipinski definition) is 7. The molecule has 1 amide bonds. The third kappa shape index (κ3) is 5.40. The smallest absolute Gasteiger partial charge is 0.255 e. The Hall–Kier alpha value is -1.71. The number of anilines is 1. The Morgan fingerprint density at radius 3 is 2.74 bits per heavy atom. The van der Waals surface area contributed by atoms with Crippen LogP contribution in [0.1, 0.15) is 23.7 Å². The molecule has 1 unspecified atom stereocenters. The summed E-state index contributed by atoms with van der Waals surface area (Å²) in [5.41, 5.74) is 0.486. The van der Waals surface area contributed by atoms with Crippen LogP contribution in [0.3, 0.4) is 0 Å². The molecule has 0 bridgehead atoms. The van der Waals surface area contributed by atoms with Crippen molar-refractivity contribution in [2.45, 2.75) is 19.4 Å². The summed E-state index contributed by atoms with van der Waals surface area (Å²) in [7, 11) is -3.02. The predicted molar refractivity (Wildman–Crippen MR) is 104 cm³/mol. The standard InChI is InChI=1S/C18H28N4O4S/c1-2-22(16-5-12-27(24,25)14-16)18(23)15-3-4-17(20-13-15)19-6-7-21-8-10-26-11-9-21/h3-4,13,16H,2,5-12,14H2,1H3,(H,19,20). The zero-order valence-electron chi connectivity index (χ0n) is 15.8. The molecule has 0 aromatic carbocycles. The molecule has 27 heavy (non-hydrogen) atoms. The average molecular weight is 397 g/mol. The van der Waals surface area contributed by atoms with E-state index >= 15 is 0 Å². The zero-order valence-corrected chi connectivity index (χ0v) is 16.6. The van der Waals surface area contributed by atoms with Crippen molar-refractivity contribution >= 4 is 21.6 Å². The molecule has 150 valence electrons. The van der Waals surface area contributed by atoms with Crippen molar-refractivity contribution < 1.29 is 17.9 Å². The zero-order chi connectivity index (χ0) is 19.3. The fraction of sp³-hybridized carbons (Fsp3) is 0.667. The lowest BCUT2D eigenvalue weighted by Crippen LogP contribution is -2.41. The maximum Gasteiger partial charge on any atom is 0.255 e. The van der Waals surface area contributed by atoms with Crippen LogP contribution in [-0.4, -0.2) is 92.6 Å². The van der Waals surface area contributed by atoms with Crippen LogP contribution in [0.5, 0.6) is 0 Å². The summed E-state index contributed by atoms with van der Waals surface area (Å²) in [5.74, 6) is 0.783. The fourth-order valence-electron chi connectivity index (χ4n) is 3.55. The van der Waals surface area contributed by atoms with Gasteiger partial charge < -0.3 is 15.0 Å². The normalized spacial score (nSPS) is 22.5. The number of carbonyl (C=O) groups is 1. The van der Waals surface area contributed by atoms with Crippen LogP contribution in [-0.2, 0) is 14.6 Å². The number of pyridine rings is 1. The number of nitrogens with zero attached hydrogens (tertiary/aromatic N) is 3. The van der Waals surface area contributed by atoms with Crippen LogP contribution in [0.25, 0.3) is 0 Å². The largest absolute Gasteiger partial charge is 0.379 e. The number of morpholine rings is 1. The number of carbonyl (C=O) groups excluding carboxylic acids is 1. The Morgan fingerprint density at radius 1 is 1.37 bits per heavy atom. The molecule has 1 aromatic heterocycles. The Morgan fingerprint density at radius 2 is 2.15 bits per heavy atom. The van der Waals surface area contributed by atoms with E-state index in [0.717, 1.165) is 45.2 Å². The lowest BCUT2D eigenvalue weighted by molar-refractivity contribution is 0.0398. The van der Waals surface area contributed by atoms with Gasteiger partial charge in [-0.25, -0.2) is 13.4 Å². The van der Waals surface area contributed by atoms with Gasteiger partial charge in [0.2, 0.25) is 0 Å². The second-order valence-electron chi connectivity index (χ2n) is 6.96. The van der Waals surface area contributed by atoms with Gasteiger partial charge >= 0.3 is 0 Å². The molecule has 0 aliphatic carbocycles. The van der Waals surface area contributed by atoms with Gasteiger partial charge in [0.15, 0.2) is 9.84 Å². The van der Waals surface area contributed by atoms with Gasteiger partial charge in [-0.1, -0.05) is 0 Å². The Labute approximate surface area is 160 Å². The molecule has 1 aromatic rings. The number of rotatable bonds is 7. The number of hydrogen-bond donors (Lipinski definition) is 1. The minimum absolute atomic E-state index is 0.0567. The van der Waals surface area contributed by atoms with Crippen molar-refractivity contribution in [1.82, 2.24) is 14.8 Å². The van der Waals surface area contributed by atoms with Crippen molar-refractivity contribution in [3.05, 3.63) is 23.9 Å². The number of nitrogens with one attached hydrogen (secondary N) is 1. The van der Waals surface area contributed by atoms with Crippen molar-refractivity contribution in [1.29, 1.82) is 0 Å². The minimum atomic E-state index is -3.02. The lowest BCUT2D eigenvalue weighted by atomic mass is 10.1. The highest BCUT2D eigenvalue weighted by molar-refractivity contribution is 7.91. The van der Waals surface area contributed by atoms with E-state index in [4.69, 9.17) is 4.74 Å². The van der Waals surface area contributed by atoms with Crippen LogP contribution in [0, 0.1) is 0 Å². The molecule has 2 aliphatic rings. The first-order valence-electron chi connectivity index (χ1n) is 9.50. The molecule has 0 spiro atoms. The highest BCUT2D eigenvalue weighted by atomic mass is 32.2. The molecule has 0 radical (unpaired) electrons. The molecular formula is C18H28N4O4S. The van der Waals surface area contributed by atoms with Crippen molar-refractivity contribution in [2.75, 3.05) is 62.8 Å². The summed E-state index contributed by atoms with van der Waals surface area (Å²) in [6.45, 7) is 7.53. The molecule has 2 fully saturated rings. The van der Waals surface area contributed by atoms with E-state index in [9.17, 15) is 13.2 Å². The fourth-order valence-corrected chi connectivity index (χ4v) is 5.28. The van der Waals surface area contributed by atoms with Crippen LogP contribution in [0.2, 0.25) is 0 Å². The Balaban J connectivity index is 1.53. The average Bonchev–Trinajstić information content (AvgIpc) is 3.03. The van der Waals surface area contributed by atoms with Crippen molar-refractivity contribution in [3.63, 3.8) is 0 Å². The van der Waals surface area contributed by atoms with E-state index in [-0.39, 0.29) is 23.5 Å². The summed E-state index contributed by atoms with van der Waals surface area (Å²) >= 11 is 0. The van der Waals surface area contributed by atoms with Crippen LogP contribution in [0.15, 0.2) is 18.3 Å². The van der Waals surface area contributed by atoms with Crippen LogP contribution >= 0.6 is 0 Å². The minimum Gasteiger partial charge on any atom is -0.379 e. The predicted octanol–water partition coefficient (Wildman–Crippen LogP) is 0.475. The van der Waals surface area contributed by atoms with Gasteiger partial charge in [-0.15, -0.1) is 0 Å². The Kier molecular flexibility index (Phi) is 6.67. The van der Waals surface area contributed by atoms with Gasteiger partial charge in [-0.05, 0) is 25.5 Å². The number of aromatic nitrogens is 1. The second-order valence-corrected chi connectivity index (χ2v) is 9.19. The number of sulfone groups is 1. The molecule has 2 aliphatic heterocycles. The van der Waals surface area contributed by atoms with E-state index in [1.165, 1.54) is 0 Å². The molecule has 2 saturated heterocycles. The molecule has 3 heterocycles. The molecule has 0 saturated carbocycles. The van der Waals surface area contributed by atoms with E-state index < -0.39 is 9.84 Å². The number of ether oxygens (including phenoxy) is 1. The van der Waals surface area contributed by atoms with Gasteiger partial charge in [0.1, 0.15) is 5.82 Å². The Bertz CT molecular complexity index is 732. The summed E-state index contributed by atoms with van der Waals surface area (Å²) in [5, 5.41) is 3.27. The highest BCUT2D eigenvalue weighted by Gasteiger charge is 2.34. The second kappa shape index (κ2) is 8.99. The van der Waals surface area contributed by atoms with Gasteiger partial charge in [-0.3, -0.25) is 9.69 Å². The first kappa shape index (κ1) is 20.0. The van der Waals surface area contributed by atoms with Crippen molar-refractivity contribution in [3.8, 4) is 0 Å². The maximum absolute atomic E-state index is 12.8. The summed E-state index contributed by atoms with van der Waals surface area (Å²) in [6.07, 6.45) is 2.07. The van der Waals surface area contributed by atoms with E-state index in [0.29, 0.717) is 18.5 Å². The molecular weight excluding hydrogens is 368 g/mol. The maximum atomic E-state index is 12.8. The molecule has 1 atom stereocenters. The summed E-state index contributed by atoms with van der Waals surface area (Å²) in [4.78, 5) is 21.1. The van der Waals surface area contributed by atoms with Gasteiger partial charge in [0.05, 0.1) is 30.3 Å². The van der Waals surface area contributed by atoms with Crippen molar-refractivity contribution in [2.24, 2.45) is 0 Å². The van der Waals surface area contributed by atoms with E-state index in [1.54, 1.807) is 23.2 Å². The number of amides is 1. The quantitative estimate of drug-likeness (QED) is 0.716. The first-order chi connectivity index (χ1) is 13.0. The molecule has 1 N–H and O–H groups in total. The third-order valence-electron chi connectivity index (χ3n) is 5.10. The van der Waals surface area contributed by atoms with Crippen LogP contribution < -0.4 is 5.32 Å². The van der Waals surface area contributed by atoms with E-state index in [2.05, 4.69) is 15.2 Å². The lowest BCUT2D eigenvalue weighted by Gasteiger charge is -2.27. The SMILES string of the molecule is CCN(C(=O)c1ccc(NCCN2CCOCC2)nc1)C1CCS(=O)(=O)C1.